The maximum Gasteiger partial charge on any atom is 0.300 e. The number of ether oxygens (including phenoxy) is 1. The van der Waals surface area contributed by atoms with E-state index >= 15 is 0 Å². The fraction of sp³-hybridized carbons (Fsp3) is 0.290. The van der Waals surface area contributed by atoms with Crippen molar-refractivity contribution in [3.8, 4) is 5.75 Å². The number of Topliss-reactive ketones (excluding diaryl/α,β-unsaturated/α-hetero) is 1. The fourth-order valence-electron chi connectivity index (χ4n) is 4.66. The van der Waals surface area contributed by atoms with Crippen LogP contribution in [0.5, 0.6) is 5.75 Å². The lowest BCUT2D eigenvalue weighted by Gasteiger charge is -2.27. The van der Waals surface area contributed by atoms with Crippen molar-refractivity contribution in [3.05, 3.63) is 93.5 Å². The van der Waals surface area contributed by atoms with Gasteiger partial charge in [-0.15, -0.1) is 0 Å². The summed E-state index contributed by atoms with van der Waals surface area (Å²) >= 11 is 6.40. The number of nitrogens with zero attached hydrogens (tertiary/aromatic N) is 2. The molecule has 1 N–H and O–H groups in total. The van der Waals surface area contributed by atoms with Gasteiger partial charge in [0, 0.05) is 31.0 Å². The quantitative estimate of drug-likeness (QED) is 0.226. The van der Waals surface area contributed by atoms with Gasteiger partial charge < -0.3 is 14.7 Å². The van der Waals surface area contributed by atoms with Crippen molar-refractivity contribution < 1.29 is 19.4 Å². The van der Waals surface area contributed by atoms with Gasteiger partial charge in [0.05, 0.1) is 23.7 Å². The molecule has 7 heteroatoms. The van der Waals surface area contributed by atoms with Gasteiger partial charge in [-0.3, -0.25) is 14.5 Å². The fourth-order valence-corrected chi connectivity index (χ4v) is 4.91. The van der Waals surface area contributed by atoms with Crippen LogP contribution in [0.3, 0.4) is 0 Å². The van der Waals surface area contributed by atoms with E-state index in [0.29, 0.717) is 27.6 Å². The van der Waals surface area contributed by atoms with E-state index in [-0.39, 0.29) is 16.7 Å². The molecular weight excluding hydrogens is 500 g/mol. The first-order valence-electron chi connectivity index (χ1n) is 12.4. The monoisotopic (exact) mass is 532 g/mol. The van der Waals surface area contributed by atoms with Gasteiger partial charge in [-0.25, -0.2) is 0 Å². The summed E-state index contributed by atoms with van der Waals surface area (Å²) in [7, 11) is 5.38. The second-order valence-corrected chi connectivity index (χ2v) is 11.2. The van der Waals surface area contributed by atoms with Gasteiger partial charge in [-0.05, 0) is 65.4 Å². The second kappa shape index (κ2) is 10.2. The molecule has 1 amide bonds. The maximum atomic E-state index is 13.6. The Balaban J connectivity index is 1.97. The molecule has 0 aromatic heterocycles. The highest BCUT2D eigenvalue weighted by Crippen LogP contribution is 2.44. The average Bonchev–Trinajstić information content (AvgIpc) is 3.13. The van der Waals surface area contributed by atoms with Crippen molar-refractivity contribution in [2.75, 3.05) is 31.0 Å². The number of anilines is 2. The summed E-state index contributed by atoms with van der Waals surface area (Å²) in [5.41, 5.74) is 4.28. The molecule has 3 aromatic rings. The number of halogens is 1. The van der Waals surface area contributed by atoms with Gasteiger partial charge in [0.2, 0.25) is 0 Å². The van der Waals surface area contributed by atoms with E-state index < -0.39 is 17.7 Å². The summed E-state index contributed by atoms with van der Waals surface area (Å²) in [6.07, 6.45) is 0. The van der Waals surface area contributed by atoms with Crippen molar-refractivity contribution >= 4 is 40.4 Å². The summed E-state index contributed by atoms with van der Waals surface area (Å²) in [5, 5.41) is 12.0. The lowest BCUT2D eigenvalue weighted by Crippen LogP contribution is -2.29. The summed E-state index contributed by atoms with van der Waals surface area (Å²) in [6, 6.07) is 17.5. The van der Waals surface area contributed by atoms with Crippen molar-refractivity contribution in [1.82, 2.24) is 0 Å². The largest absolute Gasteiger partial charge is 0.507 e. The number of hydrogen-bond acceptors (Lipinski definition) is 5. The Hall–Kier alpha value is -3.77. The zero-order valence-electron chi connectivity index (χ0n) is 22.8. The highest BCUT2D eigenvalue weighted by molar-refractivity contribution is 6.52. The van der Waals surface area contributed by atoms with E-state index in [0.717, 1.165) is 16.8 Å². The molecule has 1 aliphatic rings. The number of ketones is 1. The predicted octanol–water partition coefficient (Wildman–Crippen LogP) is 6.65. The van der Waals surface area contributed by atoms with Crippen LogP contribution in [-0.4, -0.2) is 38.0 Å². The third-order valence-corrected chi connectivity index (χ3v) is 7.24. The van der Waals surface area contributed by atoms with Crippen molar-refractivity contribution in [3.63, 3.8) is 0 Å². The Labute approximate surface area is 229 Å². The van der Waals surface area contributed by atoms with E-state index in [1.165, 1.54) is 12.0 Å². The third-order valence-electron chi connectivity index (χ3n) is 6.94. The van der Waals surface area contributed by atoms with E-state index in [1.54, 1.807) is 18.2 Å². The van der Waals surface area contributed by atoms with Gasteiger partial charge in [-0.1, -0.05) is 56.6 Å². The second-order valence-electron chi connectivity index (χ2n) is 10.8. The first-order chi connectivity index (χ1) is 17.8. The Morgan fingerprint density at radius 2 is 1.66 bits per heavy atom. The SMILES string of the molecule is COc1ccc(N2C(=O)C(=O)/C(=C(/O)c3cc(C(C)(C)C)ccc3C)C2c2ccc(N(C)C)cc2)cc1Cl. The highest BCUT2D eigenvalue weighted by atomic mass is 35.5. The molecule has 1 fully saturated rings. The Morgan fingerprint density at radius 1 is 1.00 bits per heavy atom. The van der Waals surface area contributed by atoms with Gasteiger partial charge in [0.1, 0.15) is 11.5 Å². The van der Waals surface area contributed by atoms with Gasteiger partial charge in [0.25, 0.3) is 11.7 Å². The molecular formula is C31H33ClN2O4. The predicted molar refractivity (Wildman–Crippen MR) is 153 cm³/mol. The molecule has 1 unspecified atom stereocenters. The molecule has 0 saturated carbocycles. The van der Waals surface area contributed by atoms with Crippen LogP contribution in [0.1, 0.15) is 49.1 Å². The normalized spacial score (nSPS) is 17.2. The van der Waals surface area contributed by atoms with E-state index in [2.05, 4.69) is 20.8 Å². The zero-order chi connectivity index (χ0) is 27.9. The third kappa shape index (κ3) is 4.88. The number of aliphatic hydroxyl groups is 1. The smallest absolute Gasteiger partial charge is 0.300 e. The van der Waals surface area contributed by atoms with Crippen molar-refractivity contribution in [2.24, 2.45) is 0 Å². The van der Waals surface area contributed by atoms with Crippen LogP contribution in [0, 0.1) is 6.92 Å². The number of methoxy groups -OCH3 is 1. The lowest BCUT2D eigenvalue weighted by atomic mass is 9.84. The standard InChI is InChI=1S/C31H33ClN2O4/c1-18-8-11-20(31(2,3)4)16-23(18)28(35)26-27(19-9-12-21(13-10-19)33(5)6)34(30(37)29(26)36)22-14-15-25(38-7)24(32)17-22/h8-17,27,35H,1-7H3/b28-26+. The molecule has 0 spiro atoms. The summed E-state index contributed by atoms with van der Waals surface area (Å²) < 4.78 is 5.27. The van der Waals surface area contributed by atoms with Crippen LogP contribution in [-0.2, 0) is 15.0 Å². The number of rotatable bonds is 5. The molecule has 198 valence electrons. The molecule has 4 rings (SSSR count). The number of hydrogen-bond donors (Lipinski definition) is 1. The topological polar surface area (TPSA) is 70.1 Å². The van der Waals surface area contributed by atoms with Crippen LogP contribution in [0.15, 0.2) is 66.2 Å². The van der Waals surface area contributed by atoms with Crippen LogP contribution in [0.2, 0.25) is 5.02 Å². The Bertz CT molecular complexity index is 1440. The van der Waals surface area contributed by atoms with Crippen LogP contribution in [0.4, 0.5) is 11.4 Å². The van der Waals surface area contributed by atoms with Crippen LogP contribution >= 0.6 is 11.6 Å². The minimum absolute atomic E-state index is 0.0358. The Morgan fingerprint density at radius 3 is 2.21 bits per heavy atom. The number of aliphatic hydroxyl groups excluding tert-OH is 1. The molecule has 3 aromatic carbocycles. The number of carbonyl (C=O) groups is 2. The van der Waals surface area contributed by atoms with E-state index in [1.807, 2.05) is 68.4 Å². The molecule has 0 bridgehead atoms. The lowest BCUT2D eigenvalue weighted by molar-refractivity contribution is -0.132. The molecule has 1 heterocycles. The van der Waals surface area contributed by atoms with Crippen LogP contribution in [0.25, 0.3) is 5.76 Å². The van der Waals surface area contributed by atoms with Crippen LogP contribution < -0.4 is 14.5 Å². The van der Waals surface area contributed by atoms with Gasteiger partial charge in [-0.2, -0.15) is 0 Å². The summed E-state index contributed by atoms with van der Waals surface area (Å²) in [6.45, 7) is 8.13. The van der Waals surface area contributed by atoms with Gasteiger partial charge in [0.15, 0.2) is 0 Å². The number of aryl methyl sites for hydroxylation is 1. The van der Waals surface area contributed by atoms with Crippen molar-refractivity contribution in [2.45, 2.75) is 39.2 Å². The number of amides is 1. The molecule has 1 aliphatic heterocycles. The number of carbonyl (C=O) groups excluding carboxylic acids is 2. The molecule has 1 saturated heterocycles. The first-order valence-corrected chi connectivity index (χ1v) is 12.8. The van der Waals surface area contributed by atoms with E-state index in [4.69, 9.17) is 16.3 Å². The Kier molecular flexibility index (Phi) is 7.31. The van der Waals surface area contributed by atoms with Gasteiger partial charge >= 0.3 is 0 Å². The zero-order valence-corrected chi connectivity index (χ0v) is 23.6. The number of benzene rings is 3. The first kappa shape index (κ1) is 27.3. The molecule has 1 atom stereocenters. The van der Waals surface area contributed by atoms with Crippen molar-refractivity contribution in [1.29, 1.82) is 0 Å². The molecule has 38 heavy (non-hydrogen) atoms. The molecule has 0 radical (unpaired) electrons. The average molecular weight is 533 g/mol. The minimum atomic E-state index is -0.853. The maximum absolute atomic E-state index is 13.6. The van der Waals surface area contributed by atoms with E-state index in [9.17, 15) is 14.7 Å². The molecule has 6 nitrogen and oxygen atoms in total. The highest BCUT2D eigenvalue weighted by Gasteiger charge is 2.47. The molecule has 0 aliphatic carbocycles. The summed E-state index contributed by atoms with van der Waals surface area (Å²) in [5.74, 6) is -1.24. The summed E-state index contributed by atoms with van der Waals surface area (Å²) in [4.78, 5) is 30.5. The minimum Gasteiger partial charge on any atom is -0.507 e.